The molecule has 12 heteroatoms. The fraction of sp³-hybridized carbons (Fsp3) is 0.667. The van der Waals surface area contributed by atoms with Crippen LogP contribution in [-0.4, -0.2) is 57.6 Å². The van der Waals surface area contributed by atoms with E-state index in [-0.39, 0.29) is 5.78 Å². The summed E-state index contributed by atoms with van der Waals surface area (Å²) in [5, 5.41) is 12.8. The van der Waals surface area contributed by atoms with Crippen molar-refractivity contribution >= 4 is 13.3 Å². The van der Waals surface area contributed by atoms with Gasteiger partial charge in [0.25, 0.3) is 13.1 Å². The van der Waals surface area contributed by atoms with Crippen LogP contribution < -0.4 is 16.3 Å². The van der Waals surface area contributed by atoms with Gasteiger partial charge in [0.1, 0.15) is 18.0 Å². The van der Waals surface area contributed by atoms with Crippen molar-refractivity contribution in [2.45, 2.75) is 50.8 Å². The number of alkyl halides is 1. The Morgan fingerprint density at radius 3 is 2.89 bits per heavy atom. The molecule has 0 aromatic carbocycles. The predicted octanol–water partition coefficient (Wildman–Crippen LogP) is -0.0703. The third-order valence-electron chi connectivity index (χ3n) is 4.07. The molecule has 0 amide bonds. The highest BCUT2D eigenvalue weighted by Gasteiger charge is 2.55. The Balaban J connectivity index is 2.32. The molecule has 1 fully saturated rings. The normalized spacial score (nSPS) is 33.5. The Labute approximate surface area is 158 Å². The topological polar surface area (TPSA) is 140 Å². The molecule has 0 spiro atoms. The molecule has 152 valence electrons. The highest BCUT2D eigenvalue weighted by molar-refractivity contribution is 7.56. The lowest BCUT2D eigenvalue weighted by molar-refractivity contribution is -0.118. The number of aliphatic hydroxyl groups is 1. The fourth-order valence-corrected chi connectivity index (χ4v) is 3.85. The molecule has 10 nitrogen and oxygen atoms in total. The van der Waals surface area contributed by atoms with Crippen molar-refractivity contribution in [3.63, 3.8) is 0 Å². The molecule has 0 saturated carbocycles. The molecular weight excluding hydrogens is 385 g/mol. The minimum absolute atomic E-state index is 0.319. The van der Waals surface area contributed by atoms with E-state index in [2.05, 4.69) is 5.09 Å². The van der Waals surface area contributed by atoms with Crippen LogP contribution in [0.1, 0.15) is 31.0 Å². The number of aromatic amines is 1. The average Bonchev–Trinajstić information content (AvgIpc) is 2.85. The van der Waals surface area contributed by atoms with E-state index < -0.39 is 62.4 Å². The van der Waals surface area contributed by atoms with E-state index >= 15 is 4.39 Å². The molecule has 3 N–H and O–H groups in total. The number of ketones is 1. The summed E-state index contributed by atoms with van der Waals surface area (Å²) in [6.07, 6.45) is -5.21. The number of nitrogens with zero attached hydrogens (tertiary/aromatic N) is 1. The minimum atomic E-state index is -3.61. The highest BCUT2D eigenvalue weighted by Crippen LogP contribution is 2.44. The second-order valence-corrected chi connectivity index (χ2v) is 8.57. The number of H-pyrrole nitrogens is 1. The standard InChI is InChI=1S/C15H23FN3O7P/c1-8(9(2)20)18-27(4,24)25-7-10-12(22)15(3,16)13(26-10)19-6-5-11(21)17-14(19)23/h5-6,8,10,12-13,22H,7H2,1-4H3,(H,18,24)(H,17,21,23)/t8-,10+,12+,13+,15+,27+/m0/s1/i3+1D3. The van der Waals surface area contributed by atoms with E-state index in [0.717, 1.165) is 18.9 Å². The van der Waals surface area contributed by atoms with Gasteiger partial charge in [0, 0.05) is 23.0 Å². The number of aliphatic hydroxyl groups excluding tert-OH is 1. The molecule has 1 aromatic heterocycles. The summed E-state index contributed by atoms with van der Waals surface area (Å²) in [7, 11) is -3.61. The van der Waals surface area contributed by atoms with Crippen LogP contribution in [0, 0.1) is 0 Å². The van der Waals surface area contributed by atoms with Gasteiger partial charge in [-0.2, -0.15) is 0 Å². The maximum Gasteiger partial charge on any atom is 0.330 e. The molecule has 27 heavy (non-hydrogen) atoms. The zero-order valence-corrected chi connectivity index (χ0v) is 15.7. The molecule has 2 heterocycles. The first-order valence-corrected chi connectivity index (χ1v) is 10.0. The summed E-state index contributed by atoms with van der Waals surface area (Å²) in [5.74, 6) is -0.319. The predicted molar refractivity (Wildman–Crippen MR) is 93.5 cm³/mol. The van der Waals surface area contributed by atoms with Crippen LogP contribution >= 0.6 is 7.52 Å². The van der Waals surface area contributed by atoms with Gasteiger partial charge < -0.3 is 14.4 Å². The van der Waals surface area contributed by atoms with E-state index in [9.17, 15) is 24.1 Å². The number of nitrogens with one attached hydrogen (secondary N) is 2. The van der Waals surface area contributed by atoms with Crippen molar-refractivity contribution < 1.29 is 32.2 Å². The summed E-state index contributed by atoms with van der Waals surface area (Å²) in [5.41, 5.74) is -5.39. The number of rotatable bonds is 7. The highest BCUT2D eigenvalue weighted by atomic mass is 31.2. The summed E-state index contributed by atoms with van der Waals surface area (Å²) >= 11 is 0. The number of hydrogen-bond acceptors (Lipinski definition) is 7. The number of aromatic nitrogens is 2. The Morgan fingerprint density at radius 1 is 1.67 bits per heavy atom. The summed E-state index contributed by atoms with van der Waals surface area (Å²) in [6, 6.07) is 0.0409. The van der Waals surface area contributed by atoms with Gasteiger partial charge in [-0.1, -0.05) is 0 Å². The average molecular weight is 411 g/mol. The Hall–Kier alpha value is -1.65. The van der Waals surface area contributed by atoms with E-state index in [0.29, 0.717) is 4.57 Å². The van der Waals surface area contributed by atoms with E-state index in [1.54, 1.807) is 0 Å². The zero-order valence-electron chi connectivity index (χ0n) is 17.8. The second-order valence-electron chi connectivity index (χ2n) is 6.36. The maximum atomic E-state index is 15.7. The zero-order chi connectivity index (χ0) is 23.1. The van der Waals surface area contributed by atoms with Gasteiger partial charge in [0.15, 0.2) is 11.9 Å². The van der Waals surface area contributed by atoms with Gasteiger partial charge >= 0.3 is 5.69 Å². The van der Waals surface area contributed by atoms with Crippen molar-refractivity contribution in [1.29, 1.82) is 0 Å². The molecule has 1 saturated heterocycles. The molecule has 0 bridgehead atoms. The van der Waals surface area contributed by atoms with E-state index in [4.69, 9.17) is 13.4 Å². The molecule has 6 atom stereocenters. The lowest BCUT2D eigenvalue weighted by Gasteiger charge is -2.24. The molecule has 0 aliphatic carbocycles. The number of carbonyl (C=O) groups excluding carboxylic acids is 1. The number of Topliss-reactive ketones (excluding diaryl/α,β-unsaturated/α-hetero) is 1. The van der Waals surface area contributed by atoms with E-state index in [1.807, 2.05) is 4.98 Å². The number of carbonyl (C=O) groups is 1. The van der Waals surface area contributed by atoms with Crippen LogP contribution in [0.5, 0.6) is 0 Å². The summed E-state index contributed by atoms with van der Waals surface area (Å²) in [4.78, 5) is 36.4. The molecule has 1 aliphatic heterocycles. The van der Waals surface area contributed by atoms with Crippen LogP contribution in [0.15, 0.2) is 21.9 Å². The van der Waals surface area contributed by atoms with Crippen molar-refractivity contribution in [2.24, 2.45) is 0 Å². The van der Waals surface area contributed by atoms with Crippen molar-refractivity contribution in [3.8, 4) is 0 Å². The molecule has 2 rings (SSSR count). The van der Waals surface area contributed by atoms with Crippen molar-refractivity contribution in [3.05, 3.63) is 33.1 Å². The smallest absolute Gasteiger partial charge is 0.330 e. The Morgan fingerprint density at radius 2 is 2.33 bits per heavy atom. The van der Waals surface area contributed by atoms with Crippen LogP contribution in [0.25, 0.3) is 0 Å². The molecule has 1 aromatic rings. The quantitative estimate of drug-likeness (QED) is 0.419. The number of ether oxygens (including phenoxy) is 1. The first-order valence-electron chi connectivity index (χ1n) is 9.44. The first kappa shape index (κ1) is 17.4. The van der Waals surface area contributed by atoms with Crippen molar-refractivity contribution in [1.82, 2.24) is 14.6 Å². The van der Waals surface area contributed by atoms with Crippen LogP contribution in [0.4, 0.5) is 4.39 Å². The molecular formula is C15H23FN3O7P. The van der Waals surface area contributed by atoms with Gasteiger partial charge in [-0.05, 0) is 20.7 Å². The molecule has 1 aliphatic rings. The van der Waals surface area contributed by atoms with Crippen molar-refractivity contribution in [2.75, 3.05) is 13.3 Å². The third kappa shape index (κ3) is 4.80. The van der Waals surface area contributed by atoms with E-state index in [1.165, 1.54) is 13.8 Å². The lowest BCUT2D eigenvalue weighted by atomic mass is 10.0. The molecule has 0 unspecified atom stereocenters. The lowest BCUT2D eigenvalue weighted by Crippen LogP contribution is -2.43. The minimum Gasteiger partial charge on any atom is -0.387 e. The van der Waals surface area contributed by atoms with Gasteiger partial charge in [-0.15, -0.1) is 0 Å². The summed E-state index contributed by atoms with van der Waals surface area (Å²) in [6.45, 7) is -0.282. The molecule has 0 radical (unpaired) electrons. The second kappa shape index (κ2) is 7.76. The maximum absolute atomic E-state index is 15.7. The van der Waals surface area contributed by atoms with Gasteiger partial charge in [0.05, 0.1) is 12.6 Å². The number of hydrogen-bond donors (Lipinski definition) is 3. The van der Waals surface area contributed by atoms with Crippen LogP contribution in [0.3, 0.4) is 0 Å². The van der Waals surface area contributed by atoms with Crippen LogP contribution in [-0.2, 0) is 18.6 Å². The van der Waals surface area contributed by atoms with Gasteiger partial charge in [-0.25, -0.2) is 14.3 Å². The largest absolute Gasteiger partial charge is 0.387 e. The number of halogens is 1. The third-order valence-corrected chi connectivity index (χ3v) is 5.57. The summed E-state index contributed by atoms with van der Waals surface area (Å²) < 4.78 is 61.6. The Kier molecular flexibility index (Phi) is 5.02. The van der Waals surface area contributed by atoms with Crippen LogP contribution in [0.2, 0.25) is 0 Å². The fourth-order valence-electron chi connectivity index (χ4n) is 2.46. The van der Waals surface area contributed by atoms with Gasteiger partial charge in [-0.3, -0.25) is 23.7 Å². The first-order chi connectivity index (χ1) is 13.6. The Bertz CT molecular complexity index is 968. The van der Waals surface area contributed by atoms with Gasteiger partial charge in [0.2, 0.25) is 0 Å². The monoisotopic (exact) mass is 411 g/mol. The SMILES string of the molecule is [2H][13C]([2H])([2H])[C@@]1(F)[C@H](O)[C@@H](CO[P@@](C)(=O)N[C@@H](C)C(C)=O)O[C@H]1n1ccc(=O)[nH]c1=O.